The van der Waals surface area contributed by atoms with Crippen molar-refractivity contribution in [3.05, 3.63) is 39.1 Å². The fourth-order valence-electron chi connectivity index (χ4n) is 1.80. The molecule has 2 aromatic rings. The highest BCUT2D eigenvalue weighted by Crippen LogP contribution is 2.15. The summed E-state index contributed by atoms with van der Waals surface area (Å²) in [6, 6.07) is 1.28. The Kier molecular flexibility index (Phi) is 4.23. The molecule has 0 unspecified atom stereocenters. The molecule has 0 aliphatic heterocycles. The predicted octanol–water partition coefficient (Wildman–Crippen LogP) is 2.57. The minimum Gasteiger partial charge on any atom is -0.337 e. The van der Waals surface area contributed by atoms with Crippen LogP contribution in [0.4, 0.5) is 0 Å². The number of aromatic nitrogens is 4. The van der Waals surface area contributed by atoms with E-state index in [0.717, 1.165) is 0 Å². The third kappa shape index (κ3) is 3.07. The molecule has 0 spiro atoms. The summed E-state index contributed by atoms with van der Waals surface area (Å²) in [7, 11) is 0. The Morgan fingerprint density at radius 3 is 2.50 bits per heavy atom. The van der Waals surface area contributed by atoms with Crippen molar-refractivity contribution in [2.75, 3.05) is 0 Å². The van der Waals surface area contributed by atoms with E-state index < -0.39 is 0 Å². The molecule has 0 radical (unpaired) electrons. The van der Waals surface area contributed by atoms with E-state index in [4.69, 9.17) is 16.1 Å². The van der Waals surface area contributed by atoms with E-state index in [2.05, 4.69) is 15.1 Å². The molecule has 0 amide bonds. The van der Waals surface area contributed by atoms with Gasteiger partial charge in [-0.2, -0.15) is 4.98 Å². The summed E-state index contributed by atoms with van der Waals surface area (Å²) in [5.41, 5.74) is -0.224. The van der Waals surface area contributed by atoms with Gasteiger partial charge in [0.15, 0.2) is 5.82 Å². The Hall–Kier alpha value is -1.69. The Morgan fingerprint density at radius 1 is 1.25 bits per heavy atom. The molecule has 0 aliphatic rings. The van der Waals surface area contributed by atoms with E-state index in [9.17, 15) is 4.79 Å². The van der Waals surface area contributed by atoms with Crippen molar-refractivity contribution in [2.45, 2.75) is 46.1 Å². The molecule has 0 saturated carbocycles. The van der Waals surface area contributed by atoms with E-state index in [-0.39, 0.29) is 29.1 Å². The third-order valence-electron chi connectivity index (χ3n) is 2.82. The first kappa shape index (κ1) is 14.7. The van der Waals surface area contributed by atoms with Gasteiger partial charge in [-0.3, -0.25) is 9.36 Å². The minimum absolute atomic E-state index is 0.0638. The van der Waals surface area contributed by atoms with Gasteiger partial charge in [-0.05, 0) is 0 Å². The number of halogens is 1. The Balaban J connectivity index is 2.39. The maximum atomic E-state index is 12.1. The molecule has 0 bridgehead atoms. The van der Waals surface area contributed by atoms with Crippen LogP contribution in [0.5, 0.6) is 0 Å². The lowest BCUT2D eigenvalue weighted by Crippen LogP contribution is -2.26. The quantitative estimate of drug-likeness (QED) is 0.811. The van der Waals surface area contributed by atoms with E-state index in [1.807, 2.05) is 27.7 Å². The van der Waals surface area contributed by atoms with Crippen LogP contribution in [0.1, 0.15) is 57.1 Å². The fourth-order valence-corrected chi connectivity index (χ4v) is 1.98. The summed E-state index contributed by atoms with van der Waals surface area (Å²) in [6.45, 7) is 8.05. The Labute approximate surface area is 121 Å². The zero-order valence-corrected chi connectivity index (χ0v) is 12.7. The normalized spacial score (nSPS) is 11.6. The summed E-state index contributed by atoms with van der Waals surface area (Å²) in [5, 5.41) is 4.08. The van der Waals surface area contributed by atoms with Crippen LogP contribution >= 0.6 is 11.6 Å². The van der Waals surface area contributed by atoms with Crippen molar-refractivity contribution < 1.29 is 4.52 Å². The van der Waals surface area contributed by atoms with Gasteiger partial charge < -0.3 is 4.52 Å². The molecule has 20 heavy (non-hydrogen) atoms. The first-order valence-corrected chi connectivity index (χ1v) is 6.86. The van der Waals surface area contributed by atoms with Crippen LogP contribution < -0.4 is 5.56 Å². The molecule has 0 aromatic carbocycles. The maximum Gasteiger partial charge on any atom is 0.255 e. The maximum absolute atomic E-state index is 12.1. The van der Waals surface area contributed by atoms with Crippen LogP contribution in [-0.4, -0.2) is 19.7 Å². The smallest absolute Gasteiger partial charge is 0.255 e. The van der Waals surface area contributed by atoms with Gasteiger partial charge in [0.05, 0.1) is 0 Å². The molecular weight excluding hydrogens is 280 g/mol. The number of nitrogens with zero attached hydrogens (tertiary/aromatic N) is 4. The summed E-state index contributed by atoms with van der Waals surface area (Å²) < 4.78 is 6.68. The zero-order valence-electron chi connectivity index (χ0n) is 11.9. The SMILES string of the molecule is CC(C)c1noc(Cn2c(C(C)C)nc(Cl)cc2=O)n1. The molecule has 0 N–H and O–H groups in total. The molecule has 0 aliphatic carbocycles. The summed E-state index contributed by atoms with van der Waals surface area (Å²) in [4.78, 5) is 20.5. The van der Waals surface area contributed by atoms with Crippen molar-refractivity contribution in [1.29, 1.82) is 0 Å². The van der Waals surface area contributed by atoms with Crippen molar-refractivity contribution in [2.24, 2.45) is 0 Å². The number of rotatable bonds is 4. The minimum atomic E-state index is -0.224. The summed E-state index contributed by atoms with van der Waals surface area (Å²) in [6.07, 6.45) is 0. The van der Waals surface area contributed by atoms with Crippen LogP contribution in [0.2, 0.25) is 5.15 Å². The van der Waals surface area contributed by atoms with Gasteiger partial charge in [-0.1, -0.05) is 44.5 Å². The molecule has 6 nitrogen and oxygen atoms in total. The molecule has 2 aromatic heterocycles. The van der Waals surface area contributed by atoms with Gasteiger partial charge in [0.1, 0.15) is 17.5 Å². The van der Waals surface area contributed by atoms with Crippen LogP contribution in [0.15, 0.2) is 15.4 Å². The van der Waals surface area contributed by atoms with Gasteiger partial charge in [-0.25, -0.2) is 4.98 Å². The Morgan fingerprint density at radius 2 is 1.95 bits per heavy atom. The van der Waals surface area contributed by atoms with Crippen molar-refractivity contribution >= 4 is 11.6 Å². The first-order valence-electron chi connectivity index (χ1n) is 6.48. The van der Waals surface area contributed by atoms with E-state index in [1.165, 1.54) is 10.6 Å². The highest BCUT2D eigenvalue weighted by atomic mass is 35.5. The molecule has 7 heteroatoms. The third-order valence-corrected chi connectivity index (χ3v) is 3.01. The summed E-state index contributed by atoms with van der Waals surface area (Å²) in [5.74, 6) is 1.86. The average molecular weight is 297 g/mol. The van der Waals surface area contributed by atoms with Gasteiger partial charge in [0.25, 0.3) is 5.56 Å². The van der Waals surface area contributed by atoms with Crippen LogP contribution in [0, 0.1) is 0 Å². The average Bonchev–Trinajstić information content (AvgIpc) is 2.80. The van der Waals surface area contributed by atoms with Crippen molar-refractivity contribution in [1.82, 2.24) is 19.7 Å². The van der Waals surface area contributed by atoms with E-state index >= 15 is 0 Å². The molecule has 0 saturated heterocycles. The molecule has 2 heterocycles. The largest absolute Gasteiger partial charge is 0.337 e. The second kappa shape index (κ2) is 5.75. The van der Waals surface area contributed by atoms with Crippen molar-refractivity contribution in [3.63, 3.8) is 0 Å². The second-order valence-corrected chi connectivity index (χ2v) is 5.60. The van der Waals surface area contributed by atoms with Gasteiger partial charge in [-0.15, -0.1) is 0 Å². The molecule has 0 fully saturated rings. The predicted molar refractivity (Wildman–Crippen MR) is 75.1 cm³/mol. The molecule has 0 atom stereocenters. The van der Waals surface area contributed by atoms with Gasteiger partial charge in [0, 0.05) is 17.9 Å². The zero-order chi connectivity index (χ0) is 14.9. The van der Waals surface area contributed by atoms with E-state index in [0.29, 0.717) is 17.5 Å². The summed E-state index contributed by atoms with van der Waals surface area (Å²) >= 11 is 5.84. The lowest BCUT2D eigenvalue weighted by Gasteiger charge is -2.12. The van der Waals surface area contributed by atoms with Crippen LogP contribution in [0.25, 0.3) is 0 Å². The number of hydrogen-bond donors (Lipinski definition) is 0. The Bertz CT molecular complexity index is 661. The standard InChI is InChI=1S/C13H17ClN4O2/c1-7(2)12-16-10(20-17-12)6-18-11(19)5-9(14)15-13(18)8(3)4/h5,7-8H,6H2,1-4H3. The molecule has 108 valence electrons. The lowest BCUT2D eigenvalue weighted by atomic mass is 10.2. The lowest BCUT2D eigenvalue weighted by molar-refractivity contribution is 0.360. The van der Waals surface area contributed by atoms with Gasteiger partial charge in [0.2, 0.25) is 5.89 Å². The van der Waals surface area contributed by atoms with Gasteiger partial charge >= 0.3 is 0 Å². The molecular formula is C13H17ClN4O2. The van der Waals surface area contributed by atoms with Crippen LogP contribution in [0.3, 0.4) is 0 Å². The monoisotopic (exact) mass is 296 g/mol. The second-order valence-electron chi connectivity index (χ2n) is 5.22. The fraction of sp³-hybridized carbons (Fsp3) is 0.538. The number of hydrogen-bond acceptors (Lipinski definition) is 5. The van der Waals surface area contributed by atoms with Crippen LogP contribution in [-0.2, 0) is 6.54 Å². The topological polar surface area (TPSA) is 73.8 Å². The molecule has 2 rings (SSSR count). The van der Waals surface area contributed by atoms with E-state index in [1.54, 1.807) is 0 Å². The van der Waals surface area contributed by atoms with Crippen molar-refractivity contribution in [3.8, 4) is 0 Å². The first-order chi connectivity index (χ1) is 9.38. The highest BCUT2D eigenvalue weighted by molar-refractivity contribution is 6.29. The highest BCUT2D eigenvalue weighted by Gasteiger charge is 2.15.